The minimum atomic E-state index is -1.25. The van der Waals surface area contributed by atoms with Gasteiger partial charge in [0, 0.05) is 13.2 Å². The lowest BCUT2D eigenvalue weighted by Gasteiger charge is -2.23. The van der Waals surface area contributed by atoms with Crippen molar-refractivity contribution in [1.82, 2.24) is 0 Å². The predicted molar refractivity (Wildman–Crippen MR) is 69.9 cm³/mol. The Bertz CT molecular complexity index is 473. The smallest absolute Gasteiger partial charge is 0.340 e. The third-order valence-corrected chi connectivity index (χ3v) is 3.20. The number of nitrogen functional groups attached to an aromatic ring is 1. The number of carboxylic acids is 1. The molecule has 0 amide bonds. The lowest BCUT2D eigenvalue weighted by Crippen LogP contribution is -2.27. The molecule has 4 N–H and O–H groups in total. The zero-order chi connectivity index (χ0) is 13.8. The molecule has 0 saturated carbocycles. The van der Waals surface area contributed by atoms with Crippen LogP contribution in [0.4, 0.5) is 15.8 Å². The van der Waals surface area contributed by atoms with Crippen molar-refractivity contribution in [3.63, 3.8) is 0 Å². The van der Waals surface area contributed by atoms with E-state index in [2.05, 4.69) is 5.32 Å². The van der Waals surface area contributed by atoms with Crippen LogP contribution in [0.1, 0.15) is 29.6 Å². The number of carboxylic acid groups (broad SMARTS) is 1. The van der Waals surface area contributed by atoms with E-state index in [1.165, 1.54) is 6.07 Å². The molecule has 19 heavy (non-hydrogen) atoms. The molecule has 5 nitrogen and oxygen atoms in total. The van der Waals surface area contributed by atoms with Gasteiger partial charge in [0.1, 0.15) is 11.4 Å². The van der Waals surface area contributed by atoms with E-state index in [4.69, 9.17) is 15.6 Å². The van der Waals surface area contributed by atoms with Gasteiger partial charge >= 0.3 is 5.97 Å². The molecule has 0 aliphatic carbocycles. The lowest BCUT2D eigenvalue weighted by molar-refractivity contribution is 0.0247. The highest BCUT2D eigenvalue weighted by atomic mass is 19.1. The molecule has 1 unspecified atom stereocenters. The minimum absolute atomic E-state index is 0.0571. The van der Waals surface area contributed by atoms with Crippen molar-refractivity contribution in [3.8, 4) is 0 Å². The van der Waals surface area contributed by atoms with Crippen LogP contribution in [-0.4, -0.2) is 30.3 Å². The average molecular weight is 268 g/mol. The van der Waals surface area contributed by atoms with E-state index in [0.29, 0.717) is 12.2 Å². The maximum Gasteiger partial charge on any atom is 0.340 e. The lowest BCUT2D eigenvalue weighted by atomic mass is 10.1. The van der Waals surface area contributed by atoms with Gasteiger partial charge in [-0.15, -0.1) is 0 Å². The maximum absolute atomic E-state index is 13.3. The van der Waals surface area contributed by atoms with Gasteiger partial charge in [0.25, 0.3) is 0 Å². The standard InChI is InChI=1S/C13H17FN2O3/c14-9-4-5-10(11(12(9)15)13(17)18)16-7-8-3-1-2-6-19-8/h4-5,8,16H,1-3,6-7,15H2,(H,17,18). The second kappa shape index (κ2) is 5.88. The average Bonchev–Trinajstić information content (AvgIpc) is 2.41. The van der Waals surface area contributed by atoms with Crippen LogP contribution >= 0.6 is 0 Å². The van der Waals surface area contributed by atoms with Crippen molar-refractivity contribution in [2.24, 2.45) is 0 Å². The number of halogens is 1. The summed E-state index contributed by atoms with van der Waals surface area (Å²) in [5.41, 5.74) is 5.21. The number of carbonyl (C=O) groups is 1. The van der Waals surface area contributed by atoms with Crippen LogP contribution in [0.5, 0.6) is 0 Å². The van der Waals surface area contributed by atoms with Crippen LogP contribution < -0.4 is 11.1 Å². The molecular weight excluding hydrogens is 251 g/mol. The van der Waals surface area contributed by atoms with Gasteiger partial charge in [0.15, 0.2) is 0 Å². The van der Waals surface area contributed by atoms with E-state index >= 15 is 0 Å². The number of aromatic carboxylic acids is 1. The fraction of sp³-hybridized carbons (Fsp3) is 0.462. The maximum atomic E-state index is 13.3. The monoisotopic (exact) mass is 268 g/mol. The molecule has 1 heterocycles. The predicted octanol–water partition coefficient (Wildman–Crippen LogP) is 2.09. The van der Waals surface area contributed by atoms with E-state index in [-0.39, 0.29) is 17.4 Å². The van der Waals surface area contributed by atoms with Crippen molar-refractivity contribution in [1.29, 1.82) is 0 Å². The van der Waals surface area contributed by atoms with Crippen LogP contribution in [0.3, 0.4) is 0 Å². The van der Waals surface area contributed by atoms with E-state index in [0.717, 1.165) is 31.9 Å². The fourth-order valence-corrected chi connectivity index (χ4v) is 2.16. The second-order valence-corrected chi connectivity index (χ2v) is 4.56. The van der Waals surface area contributed by atoms with Gasteiger partial charge in [0.2, 0.25) is 0 Å². The molecule has 1 aliphatic rings. The number of hydrogen-bond acceptors (Lipinski definition) is 4. The Morgan fingerprint density at radius 2 is 2.32 bits per heavy atom. The number of benzene rings is 1. The number of ether oxygens (including phenoxy) is 1. The summed E-state index contributed by atoms with van der Waals surface area (Å²) in [6.45, 7) is 1.22. The number of anilines is 2. The van der Waals surface area contributed by atoms with Crippen LogP contribution in [0.25, 0.3) is 0 Å². The van der Waals surface area contributed by atoms with Crippen molar-refractivity contribution >= 4 is 17.3 Å². The van der Waals surface area contributed by atoms with E-state index in [9.17, 15) is 9.18 Å². The fourth-order valence-electron chi connectivity index (χ4n) is 2.16. The summed E-state index contributed by atoms with van der Waals surface area (Å²) in [6.07, 6.45) is 3.15. The SMILES string of the molecule is Nc1c(F)ccc(NCC2CCCCO2)c1C(=O)O. The number of rotatable bonds is 4. The van der Waals surface area contributed by atoms with Gasteiger partial charge in [-0.25, -0.2) is 9.18 Å². The van der Waals surface area contributed by atoms with E-state index < -0.39 is 11.8 Å². The first kappa shape index (κ1) is 13.6. The molecule has 1 aromatic carbocycles. The van der Waals surface area contributed by atoms with Gasteiger partial charge in [0.05, 0.1) is 17.5 Å². The second-order valence-electron chi connectivity index (χ2n) is 4.56. The first-order valence-electron chi connectivity index (χ1n) is 6.26. The van der Waals surface area contributed by atoms with Crippen molar-refractivity contribution in [2.45, 2.75) is 25.4 Å². The molecule has 1 fully saturated rings. The summed E-state index contributed by atoms with van der Waals surface area (Å²) in [5.74, 6) is -1.97. The zero-order valence-electron chi connectivity index (χ0n) is 10.5. The number of nitrogens with two attached hydrogens (primary N) is 1. The van der Waals surface area contributed by atoms with Gasteiger partial charge in [-0.1, -0.05) is 0 Å². The molecule has 0 spiro atoms. The summed E-state index contributed by atoms with van der Waals surface area (Å²) in [5, 5.41) is 12.1. The molecule has 0 aromatic heterocycles. The van der Waals surface area contributed by atoms with Gasteiger partial charge in [-0.05, 0) is 31.4 Å². The van der Waals surface area contributed by atoms with E-state index in [1.807, 2.05) is 0 Å². The first-order valence-corrected chi connectivity index (χ1v) is 6.26. The zero-order valence-corrected chi connectivity index (χ0v) is 10.5. The Hall–Kier alpha value is -1.82. The molecule has 2 rings (SSSR count). The highest BCUT2D eigenvalue weighted by molar-refractivity contribution is 6.00. The third kappa shape index (κ3) is 3.14. The van der Waals surface area contributed by atoms with Gasteiger partial charge in [-0.2, -0.15) is 0 Å². The normalized spacial score (nSPS) is 19.1. The van der Waals surface area contributed by atoms with Crippen molar-refractivity contribution in [3.05, 3.63) is 23.5 Å². The Balaban J connectivity index is 2.11. The molecule has 0 radical (unpaired) electrons. The molecule has 6 heteroatoms. The topological polar surface area (TPSA) is 84.6 Å². The summed E-state index contributed by atoms with van der Waals surface area (Å²) < 4.78 is 18.8. The minimum Gasteiger partial charge on any atom is -0.478 e. The quantitative estimate of drug-likeness (QED) is 0.728. The summed E-state index contributed by atoms with van der Waals surface area (Å²) >= 11 is 0. The highest BCUT2D eigenvalue weighted by Gasteiger charge is 2.19. The molecule has 0 bridgehead atoms. The Morgan fingerprint density at radius 3 is 2.95 bits per heavy atom. The van der Waals surface area contributed by atoms with Crippen LogP contribution in [-0.2, 0) is 4.74 Å². The molecular formula is C13H17FN2O3. The van der Waals surface area contributed by atoms with Crippen LogP contribution in [0.15, 0.2) is 12.1 Å². The van der Waals surface area contributed by atoms with Crippen LogP contribution in [0, 0.1) is 5.82 Å². The van der Waals surface area contributed by atoms with Gasteiger partial charge in [-0.3, -0.25) is 0 Å². The largest absolute Gasteiger partial charge is 0.478 e. The van der Waals surface area contributed by atoms with Crippen molar-refractivity contribution < 1.29 is 19.0 Å². The van der Waals surface area contributed by atoms with Gasteiger partial charge < -0.3 is 20.9 Å². The Morgan fingerprint density at radius 1 is 1.53 bits per heavy atom. The summed E-state index contributed by atoms with van der Waals surface area (Å²) in [6, 6.07) is 2.55. The highest BCUT2D eigenvalue weighted by Crippen LogP contribution is 2.25. The molecule has 1 aromatic rings. The Labute approximate surface area is 110 Å². The molecule has 1 aliphatic heterocycles. The third-order valence-electron chi connectivity index (χ3n) is 3.20. The summed E-state index contributed by atoms with van der Waals surface area (Å²) in [4.78, 5) is 11.1. The van der Waals surface area contributed by atoms with E-state index in [1.54, 1.807) is 0 Å². The molecule has 1 atom stereocenters. The Kier molecular flexibility index (Phi) is 4.21. The first-order chi connectivity index (χ1) is 9.09. The summed E-state index contributed by atoms with van der Waals surface area (Å²) in [7, 11) is 0. The molecule has 104 valence electrons. The number of hydrogen-bond donors (Lipinski definition) is 3. The molecule has 1 saturated heterocycles. The number of nitrogens with one attached hydrogen (secondary N) is 1. The van der Waals surface area contributed by atoms with Crippen LogP contribution in [0.2, 0.25) is 0 Å². The van der Waals surface area contributed by atoms with Crippen molar-refractivity contribution in [2.75, 3.05) is 24.2 Å².